The molecule has 196 valence electrons. The second-order valence-corrected chi connectivity index (χ2v) is 9.58. The first-order valence-electron chi connectivity index (χ1n) is 13.0. The zero-order valence-corrected chi connectivity index (χ0v) is 21.4. The van der Waals surface area contributed by atoms with Gasteiger partial charge >= 0.3 is 0 Å². The third-order valence-corrected chi connectivity index (χ3v) is 6.88. The van der Waals surface area contributed by atoms with Crippen LogP contribution in [0.3, 0.4) is 0 Å². The fourth-order valence-electron chi connectivity index (χ4n) is 4.81. The number of hydrogen-bond acceptors (Lipinski definition) is 5. The summed E-state index contributed by atoms with van der Waals surface area (Å²) in [6, 6.07) is 32.4. The van der Waals surface area contributed by atoms with Gasteiger partial charge in [-0.3, -0.25) is 0 Å². The maximum Gasteiger partial charge on any atom is 0.116 e. The molecule has 0 spiro atoms. The Morgan fingerprint density at radius 1 is 0.816 bits per heavy atom. The van der Waals surface area contributed by atoms with Gasteiger partial charge in [-0.05, 0) is 45.2 Å². The number of aliphatic hydroxyl groups excluding tert-OH is 1. The first-order chi connectivity index (χ1) is 18.7. The number of benzene rings is 4. The van der Waals surface area contributed by atoms with Crippen molar-refractivity contribution in [2.24, 2.45) is 0 Å². The van der Waals surface area contributed by atoms with E-state index in [1.54, 1.807) is 6.08 Å². The molecule has 5 heteroatoms. The Bertz CT molecular complexity index is 1310. The SMILES string of the molecule is C=C[C@@H](OCc1ccccc1)C1OCc2cc3ccccc3cc2COCC(O)C1OCc1ccccc1. The summed E-state index contributed by atoms with van der Waals surface area (Å²) < 4.78 is 25.2. The maximum atomic E-state index is 11.3. The minimum Gasteiger partial charge on any atom is -0.388 e. The quantitative estimate of drug-likeness (QED) is 0.296. The lowest BCUT2D eigenvalue weighted by molar-refractivity contribution is -0.180. The molecule has 0 amide bonds. The van der Waals surface area contributed by atoms with Crippen LogP contribution in [0.15, 0.2) is 110 Å². The fraction of sp³-hybridized carbons (Fsp3) is 0.273. The van der Waals surface area contributed by atoms with E-state index in [-0.39, 0.29) is 6.61 Å². The van der Waals surface area contributed by atoms with Crippen LogP contribution >= 0.6 is 0 Å². The van der Waals surface area contributed by atoms with E-state index < -0.39 is 24.4 Å². The molecule has 1 heterocycles. The van der Waals surface area contributed by atoms with Crippen molar-refractivity contribution < 1.29 is 24.1 Å². The van der Waals surface area contributed by atoms with E-state index >= 15 is 0 Å². The van der Waals surface area contributed by atoms with E-state index in [0.29, 0.717) is 26.4 Å². The molecule has 4 atom stereocenters. The van der Waals surface area contributed by atoms with Crippen LogP contribution in [0.1, 0.15) is 22.3 Å². The van der Waals surface area contributed by atoms with Crippen molar-refractivity contribution in [2.45, 2.75) is 50.8 Å². The van der Waals surface area contributed by atoms with Gasteiger partial charge in [-0.2, -0.15) is 0 Å². The molecule has 5 nitrogen and oxygen atoms in total. The highest BCUT2D eigenvalue weighted by atomic mass is 16.6. The van der Waals surface area contributed by atoms with Gasteiger partial charge < -0.3 is 24.1 Å². The molecule has 0 fully saturated rings. The zero-order valence-electron chi connectivity index (χ0n) is 21.4. The van der Waals surface area contributed by atoms with Crippen LogP contribution < -0.4 is 0 Å². The van der Waals surface area contributed by atoms with Crippen LogP contribution in [0.5, 0.6) is 0 Å². The van der Waals surface area contributed by atoms with Crippen molar-refractivity contribution in [2.75, 3.05) is 6.61 Å². The molecule has 38 heavy (non-hydrogen) atoms. The Morgan fingerprint density at radius 2 is 1.39 bits per heavy atom. The van der Waals surface area contributed by atoms with Gasteiger partial charge in [0.25, 0.3) is 0 Å². The van der Waals surface area contributed by atoms with Crippen LogP contribution in [-0.4, -0.2) is 36.1 Å². The van der Waals surface area contributed by atoms with Gasteiger partial charge in [0.05, 0.1) is 33.0 Å². The lowest BCUT2D eigenvalue weighted by Crippen LogP contribution is -2.49. The predicted octanol–water partition coefficient (Wildman–Crippen LogP) is 5.97. The molecule has 4 aromatic rings. The summed E-state index contributed by atoms with van der Waals surface area (Å²) >= 11 is 0. The monoisotopic (exact) mass is 510 g/mol. The Labute approximate surface area is 224 Å². The van der Waals surface area contributed by atoms with Gasteiger partial charge in [-0.15, -0.1) is 6.58 Å². The highest BCUT2D eigenvalue weighted by Crippen LogP contribution is 2.27. The Morgan fingerprint density at radius 3 is 2.03 bits per heavy atom. The molecule has 4 aromatic carbocycles. The normalized spacial score (nSPS) is 20.9. The molecule has 0 saturated heterocycles. The molecule has 5 rings (SSSR count). The van der Waals surface area contributed by atoms with Crippen molar-refractivity contribution in [1.29, 1.82) is 0 Å². The van der Waals surface area contributed by atoms with Crippen LogP contribution in [-0.2, 0) is 45.4 Å². The fourth-order valence-corrected chi connectivity index (χ4v) is 4.81. The van der Waals surface area contributed by atoms with Crippen molar-refractivity contribution in [3.05, 3.63) is 132 Å². The molecule has 0 radical (unpaired) electrons. The molecule has 0 aromatic heterocycles. The lowest BCUT2D eigenvalue weighted by atomic mass is 9.99. The number of hydrogen-bond donors (Lipinski definition) is 1. The lowest BCUT2D eigenvalue weighted by Gasteiger charge is -2.35. The first-order valence-corrected chi connectivity index (χ1v) is 13.0. The minimum absolute atomic E-state index is 0.105. The van der Waals surface area contributed by atoms with Crippen molar-refractivity contribution >= 4 is 10.8 Å². The highest BCUT2D eigenvalue weighted by molar-refractivity contribution is 5.84. The Kier molecular flexibility index (Phi) is 8.97. The van der Waals surface area contributed by atoms with Crippen molar-refractivity contribution in [3.8, 4) is 0 Å². The number of fused-ring (bicyclic) bond motifs is 2. The summed E-state index contributed by atoms with van der Waals surface area (Å²) in [6.45, 7) is 5.56. The van der Waals surface area contributed by atoms with Gasteiger partial charge in [0, 0.05) is 0 Å². The largest absolute Gasteiger partial charge is 0.388 e. The highest BCUT2D eigenvalue weighted by Gasteiger charge is 2.36. The minimum atomic E-state index is -0.923. The standard InChI is InChI=1S/C33H34O5/c1-2-31(36-19-24-11-5-3-6-12-24)33-32(37-20-25-13-7-4-8-14-25)30(34)23-35-21-28-17-26-15-9-10-16-27(26)18-29(28)22-38-33/h2-18,30-34H,1,19-23H2/t30?,31-,32?,33?/m1/s1. The first kappa shape index (κ1) is 26.3. The van der Waals surface area contributed by atoms with Crippen molar-refractivity contribution in [1.82, 2.24) is 0 Å². The summed E-state index contributed by atoms with van der Waals surface area (Å²) in [5.41, 5.74) is 4.13. The molecule has 1 N–H and O–H groups in total. The average molecular weight is 511 g/mol. The van der Waals surface area contributed by atoms with Crippen LogP contribution in [0, 0.1) is 0 Å². The summed E-state index contributed by atoms with van der Waals surface area (Å²) in [5, 5.41) is 13.6. The summed E-state index contributed by atoms with van der Waals surface area (Å²) in [6.07, 6.45) is -1.03. The molecule has 1 aliphatic rings. The van der Waals surface area contributed by atoms with E-state index in [4.69, 9.17) is 18.9 Å². The molecular weight excluding hydrogens is 476 g/mol. The summed E-state index contributed by atoms with van der Waals surface area (Å²) in [5.74, 6) is 0. The smallest absolute Gasteiger partial charge is 0.116 e. The van der Waals surface area contributed by atoms with E-state index in [1.807, 2.05) is 72.8 Å². The molecule has 1 aliphatic heterocycles. The van der Waals surface area contributed by atoms with E-state index in [0.717, 1.165) is 33.0 Å². The van der Waals surface area contributed by atoms with E-state index in [9.17, 15) is 5.11 Å². The Hall–Kier alpha value is -3.32. The third kappa shape index (κ3) is 6.57. The van der Waals surface area contributed by atoms with Crippen LogP contribution in [0.25, 0.3) is 10.8 Å². The molecule has 0 aliphatic carbocycles. The summed E-state index contributed by atoms with van der Waals surface area (Å²) in [7, 11) is 0. The van der Waals surface area contributed by atoms with Crippen LogP contribution in [0.2, 0.25) is 0 Å². The van der Waals surface area contributed by atoms with Gasteiger partial charge in [0.2, 0.25) is 0 Å². The van der Waals surface area contributed by atoms with Gasteiger partial charge in [-0.1, -0.05) is 91.0 Å². The number of ether oxygens (including phenoxy) is 4. The molecular formula is C33H34O5. The topological polar surface area (TPSA) is 57.2 Å². The predicted molar refractivity (Wildman–Crippen MR) is 148 cm³/mol. The van der Waals surface area contributed by atoms with Gasteiger partial charge in [0.15, 0.2) is 0 Å². The zero-order chi connectivity index (χ0) is 26.2. The number of aliphatic hydroxyl groups is 1. The molecule has 3 unspecified atom stereocenters. The van der Waals surface area contributed by atoms with Gasteiger partial charge in [0.1, 0.15) is 24.4 Å². The number of rotatable bonds is 8. The summed E-state index contributed by atoms with van der Waals surface area (Å²) in [4.78, 5) is 0. The second kappa shape index (κ2) is 13.0. The maximum absolute atomic E-state index is 11.3. The second-order valence-electron chi connectivity index (χ2n) is 9.58. The average Bonchev–Trinajstić information content (AvgIpc) is 2.96. The van der Waals surface area contributed by atoms with E-state index in [2.05, 4.69) is 30.8 Å². The Balaban J connectivity index is 1.43. The molecule has 0 bridgehead atoms. The van der Waals surface area contributed by atoms with Crippen LogP contribution in [0.4, 0.5) is 0 Å². The van der Waals surface area contributed by atoms with Gasteiger partial charge in [-0.25, -0.2) is 0 Å². The van der Waals surface area contributed by atoms with E-state index in [1.165, 1.54) is 0 Å². The molecule has 0 saturated carbocycles. The van der Waals surface area contributed by atoms with Crippen molar-refractivity contribution in [3.63, 3.8) is 0 Å². The third-order valence-electron chi connectivity index (χ3n) is 6.88.